The van der Waals surface area contributed by atoms with Crippen molar-refractivity contribution in [3.63, 3.8) is 0 Å². The zero-order valence-corrected chi connectivity index (χ0v) is 19.2. The van der Waals surface area contributed by atoms with E-state index in [0.29, 0.717) is 28.2 Å². The summed E-state index contributed by atoms with van der Waals surface area (Å²) in [5, 5.41) is 16.1. The second-order valence-corrected chi connectivity index (χ2v) is 10.1. The van der Waals surface area contributed by atoms with Gasteiger partial charge in [0, 0.05) is 40.7 Å². The molecule has 0 saturated heterocycles. The predicted octanol–water partition coefficient (Wildman–Crippen LogP) is 4.07. The van der Waals surface area contributed by atoms with Gasteiger partial charge in [-0.1, -0.05) is 30.3 Å². The number of benzene rings is 3. The number of halogens is 1. The van der Waals surface area contributed by atoms with Crippen LogP contribution in [0.5, 0.6) is 5.75 Å². The second kappa shape index (κ2) is 8.63. The average molecular weight is 474 g/mol. The standard InChI is InChI=1S/C23H24ClN3O4S/c1-23(28,16-7-9-17(10-8-16)27(24)32(2,29)30)25-13-14-31-18-11-12-20-19-5-3-4-6-21(19)26-22(20)15-18/h3-12,15,25-26,28H,13-14H2,1-2H3. The van der Waals surface area contributed by atoms with Gasteiger partial charge in [-0.05, 0) is 42.8 Å². The van der Waals surface area contributed by atoms with Crippen LogP contribution in [-0.2, 0) is 15.7 Å². The highest BCUT2D eigenvalue weighted by molar-refractivity contribution is 7.93. The van der Waals surface area contributed by atoms with Crippen LogP contribution in [0.3, 0.4) is 0 Å². The van der Waals surface area contributed by atoms with E-state index in [2.05, 4.69) is 16.4 Å². The van der Waals surface area contributed by atoms with Crippen LogP contribution in [0.4, 0.5) is 5.69 Å². The number of para-hydroxylation sites is 1. The van der Waals surface area contributed by atoms with Gasteiger partial charge in [-0.15, -0.1) is 0 Å². The van der Waals surface area contributed by atoms with Crippen LogP contribution >= 0.6 is 11.8 Å². The van der Waals surface area contributed by atoms with Gasteiger partial charge in [0.2, 0.25) is 10.0 Å². The van der Waals surface area contributed by atoms with E-state index in [4.69, 9.17) is 16.5 Å². The number of hydrogen-bond acceptors (Lipinski definition) is 5. The van der Waals surface area contributed by atoms with Crippen LogP contribution in [0.15, 0.2) is 66.7 Å². The zero-order chi connectivity index (χ0) is 22.9. The third-order valence-corrected chi connectivity index (χ3v) is 6.98. The molecule has 0 radical (unpaired) electrons. The molecule has 32 heavy (non-hydrogen) atoms. The van der Waals surface area contributed by atoms with Crippen molar-refractivity contribution in [2.24, 2.45) is 0 Å². The fourth-order valence-corrected chi connectivity index (χ4v) is 4.20. The summed E-state index contributed by atoms with van der Waals surface area (Å²) in [5.74, 6) is 0.734. The first kappa shape index (κ1) is 22.4. The summed E-state index contributed by atoms with van der Waals surface area (Å²) in [6, 6.07) is 20.4. The quantitative estimate of drug-likeness (QED) is 0.204. The molecule has 7 nitrogen and oxygen atoms in total. The molecule has 1 atom stereocenters. The Hall–Kier alpha value is -2.78. The molecule has 0 aliphatic heterocycles. The molecular weight excluding hydrogens is 450 g/mol. The first-order chi connectivity index (χ1) is 15.1. The SMILES string of the molecule is CC(O)(NCCOc1ccc2c(c1)[nH]c1ccccc12)c1ccc(N(Cl)S(C)(=O)=O)cc1. The molecule has 0 spiro atoms. The number of aromatic nitrogens is 1. The van der Waals surface area contributed by atoms with Gasteiger partial charge < -0.3 is 14.8 Å². The Bertz CT molecular complexity index is 1350. The molecule has 4 rings (SSSR count). The van der Waals surface area contributed by atoms with E-state index >= 15 is 0 Å². The summed E-state index contributed by atoms with van der Waals surface area (Å²) in [6.07, 6.45) is 1.02. The number of H-pyrrole nitrogens is 1. The van der Waals surface area contributed by atoms with E-state index in [1.54, 1.807) is 19.1 Å². The van der Waals surface area contributed by atoms with E-state index in [1.165, 1.54) is 17.5 Å². The Morgan fingerprint density at radius 2 is 1.75 bits per heavy atom. The molecular formula is C23H24ClN3O4S. The number of nitrogens with zero attached hydrogens (tertiary/aromatic N) is 1. The fourth-order valence-electron chi connectivity index (χ4n) is 3.58. The molecule has 1 heterocycles. The van der Waals surface area contributed by atoms with Gasteiger partial charge in [-0.25, -0.2) is 8.42 Å². The Morgan fingerprint density at radius 1 is 1.06 bits per heavy atom. The molecule has 3 N–H and O–H groups in total. The van der Waals surface area contributed by atoms with Crippen molar-refractivity contribution in [1.29, 1.82) is 0 Å². The Balaban J connectivity index is 1.36. The van der Waals surface area contributed by atoms with Crippen molar-refractivity contribution in [2.75, 3.05) is 23.2 Å². The normalized spacial score (nSPS) is 13.9. The Morgan fingerprint density at radius 3 is 2.47 bits per heavy atom. The van der Waals surface area contributed by atoms with E-state index in [0.717, 1.165) is 28.4 Å². The molecule has 1 aromatic heterocycles. The molecule has 1 unspecified atom stereocenters. The van der Waals surface area contributed by atoms with E-state index in [9.17, 15) is 13.5 Å². The monoisotopic (exact) mass is 473 g/mol. The highest BCUT2D eigenvalue weighted by Crippen LogP contribution is 2.28. The number of anilines is 1. The van der Waals surface area contributed by atoms with Crippen molar-refractivity contribution in [3.8, 4) is 5.75 Å². The number of fused-ring (bicyclic) bond motifs is 3. The number of aromatic amines is 1. The number of rotatable bonds is 8. The first-order valence-corrected chi connectivity index (χ1v) is 12.2. The van der Waals surface area contributed by atoms with Crippen molar-refractivity contribution in [3.05, 3.63) is 72.3 Å². The van der Waals surface area contributed by atoms with Crippen molar-refractivity contribution < 1.29 is 18.3 Å². The molecule has 0 aliphatic carbocycles. The molecule has 168 valence electrons. The van der Waals surface area contributed by atoms with Crippen LogP contribution in [0, 0.1) is 0 Å². The number of hydrogen-bond donors (Lipinski definition) is 3. The van der Waals surface area contributed by atoms with Gasteiger partial charge in [0.1, 0.15) is 18.1 Å². The molecule has 0 saturated carbocycles. The highest BCUT2D eigenvalue weighted by Gasteiger charge is 2.23. The van der Waals surface area contributed by atoms with E-state index in [-0.39, 0.29) is 0 Å². The Labute approximate surface area is 191 Å². The maximum atomic E-state index is 11.5. The van der Waals surface area contributed by atoms with Gasteiger partial charge in [-0.2, -0.15) is 3.82 Å². The summed E-state index contributed by atoms with van der Waals surface area (Å²) in [4.78, 5) is 3.39. The van der Waals surface area contributed by atoms with Crippen molar-refractivity contribution in [1.82, 2.24) is 10.3 Å². The maximum Gasteiger partial charge on any atom is 0.246 e. The van der Waals surface area contributed by atoms with Crippen LogP contribution in [-0.4, -0.2) is 37.9 Å². The van der Waals surface area contributed by atoms with Crippen LogP contribution in [0.2, 0.25) is 0 Å². The lowest BCUT2D eigenvalue weighted by molar-refractivity contribution is 0.0169. The molecule has 0 amide bonds. The van der Waals surface area contributed by atoms with Gasteiger partial charge in [0.25, 0.3) is 0 Å². The molecule has 3 aromatic carbocycles. The zero-order valence-electron chi connectivity index (χ0n) is 17.7. The first-order valence-electron chi connectivity index (χ1n) is 10.0. The Kier molecular flexibility index (Phi) is 6.05. The second-order valence-electron chi connectivity index (χ2n) is 7.75. The molecule has 0 aliphatic rings. The number of sulfonamides is 1. The fraction of sp³-hybridized carbons (Fsp3) is 0.217. The van der Waals surface area contributed by atoms with Crippen LogP contribution < -0.4 is 13.9 Å². The molecule has 0 fully saturated rings. The molecule has 9 heteroatoms. The summed E-state index contributed by atoms with van der Waals surface area (Å²) in [6.45, 7) is 2.36. The average Bonchev–Trinajstić information content (AvgIpc) is 3.13. The van der Waals surface area contributed by atoms with Crippen molar-refractivity contribution in [2.45, 2.75) is 12.6 Å². The lowest BCUT2D eigenvalue weighted by Gasteiger charge is -2.26. The smallest absolute Gasteiger partial charge is 0.246 e. The van der Waals surface area contributed by atoms with E-state index in [1.807, 2.05) is 36.4 Å². The summed E-state index contributed by atoms with van der Waals surface area (Å²) >= 11 is 5.82. The lowest BCUT2D eigenvalue weighted by Crippen LogP contribution is -2.41. The largest absolute Gasteiger partial charge is 0.492 e. The third kappa shape index (κ3) is 4.68. The van der Waals surface area contributed by atoms with Gasteiger partial charge in [0.05, 0.1) is 17.5 Å². The van der Waals surface area contributed by atoms with Gasteiger partial charge >= 0.3 is 0 Å². The van der Waals surface area contributed by atoms with Crippen molar-refractivity contribution >= 4 is 49.3 Å². The summed E-state index contributed by atoms with van der Waals surface area (Å²) < 4.78 is 29.6. The number of ether oxygens (including phenoxy) is 1. The molecule has 4 aromatic rings. The minimum atomic E-state index is -3.57. The minimum Gasteiger partial charge on any atom is -0.492 e. The van der Waals surface area contributed by atoms with Crippen LogP contribution in [0.1, 0.15) is 12.5 Å². The molecule has 0 bridgehead atoms. The highest BCUT2D eigenvalue weighted by atomic mass is 35.5. The van der Waals surface area contributed by atoms with E-state index < -0.39 is 15.7 Å². The van der Waals surface area contributed by atoms with Gasteiger partial charge in [0.15, 0.2) is 0 Å². The minimum absolute atomic E-state index is 0.296. The predicted molar refractivity (Wildman–Crippen MR) is 128 cm³/mol. The number of aliphatic hydroxyl groups is 1. The van der Waals surface area contributed by atoms with Gasteiger partial charge in [-0.3, -0.25) is 5.32 Å². The summed E-state index contributed by atoms with van der Waals surface area (Å²) in [5.41, 5.74) is 1.62. The summed E-state index contributed by atoms with van der Waals surface area (Å²) in [7, 11) is -3.57. The maximum absolute atomic E-state index is 11.5. The number of nitrogens with one attached hydrogen (secondary N) is 2. The van der Waals surface area contributed by atoms with Crippen LogP contribution in [0.25, 0.3) is 21.8 Å². The lowest BCUT2D eigenvalue weighted by atomic mass is 10.0. The third-order valence-electron chi connectivity index (χ3n) is 5.24. The topological polar surface area (TPSA) is 94.7 Å².